The summed E-state index contributed by atoms with van der Waals surface area (Å²) in [4.78, 5) is 12.2. The Hall–Kier alpha value is -0.830. The van der Waals surface area contributed by atoms with Crippen molar-refractivity contribution in [3.8, 4) is 0 Å². The minimum atomic E-state index is -0.181. The highest BCUT2D eigenvalue weighted by molar-refractivity contribution is 5.69. The molecule has 0 saturated heterocycles. The molecule has 0 amide bonds. The third kappa shape index (κ3) is 4.05. The van der Waals surface area contributed by atoms with Crippen LogP contribution >= 0.6 is 0 Å². The second-order valence-electron chi connectivity index (χ2n) is 14.4. The molecule has 0 heterocycles. The number of fused-ring (bicyclic) bond motifs is 2. The van der Waals surface area contributed by atoms with Crippen molar-refractivity contribution in [1.29, 1.82) is 0 Å². The number of allylic oxidation sites excluding steroid dienone is 1. The molecule has 3 nitrogen and oxygen atoms in total. The molecule has 4 aliphatic rings. The number of methoxy groups -OCH3 is 2. The number of carbonyl (C=O) groups excluding carboxylic acids is 1. The fraction of sp³-hybridized carbons (Fsp3) is 0.906. The Kier molecular flexibility index (Phi) is 7.13. The first kappa shape index (κ1) is 27.2. The van der Waals surface area contributed by atoms with Gasteiger partial charge in [-0.2, -0.15) is 0 Å². The second kappa shape index (κ2) is 9.17. The Morgan fingerprint density at radius 3 is 2.34 bits per heavy atom. The van der Waals surface area contributed by atoms with E-state index in [1.54, 1.807) is 14.2 Å². The summed E-state index contributed by atoms with van der Waals surface area (Å²) in [6, 6.07) is 0. The number of hydrogen-bond donors (Lipinski definition) is 0. The molecular weight excluding hydrogens is 432 g/mol. The highest BCUT2D eigenvalue weighted by Crippen LogP contribution is 2.87. The molecule has 3 heteroatoms. The van der Waals surface area contributed by atoms with E-state index < -0.39 is 0 Å². The smallest absolute Gasteiger partial charge is 0.305 e. The standard InChI is InChI=1S/C32H54O3/c1-22(2)24-12-13-26-30(7)17-14-25(23(3)11-10-16-28(4,5)35-9)29(30,6)19-20-32(26)21-31(24,32)18-15-27(33)34-8/h10,16,22-26H,11-15,17-21H2,1-9H3/b16-10+/t23-,24+,25-,26+,29-,30+,31?,32?/m1/s1. The Balaban J connectivity index is 1.56. The van der Waals surface area contributed by atoms with Gasteiger partial charge in [0.2, 0.25) is 0 Å². The first-order valence-corrected chi connectivity index (χ1v) is 14.6. The van der Waals surface area contributed by atoms with Crippen LogP contribution in [0.15, 0.2) is 12.2 Å². The van der Waals surface area contributed by atoms with E-state index in [1.165, 1.54) is 44.9 Å². The molecule has 0 aromatic rings. The van der Waals surface area contributed by atoms with Crippen LogP contribution in [0, 0.1) is 51.2 Å². The molecule has 0 aliphatic heterocycles. The molecule has 8 atom stereocenters. The summed E-state index contributed by atoms with van der Waals surface area (Å²) in [6.07, 6.45) is 17.1. The van der Waals surface area contributed by atoms with E-state index in [0.717, 1.165) is 30.6 Å². The lowest BCUT2D eigenvalue weighted by molar-refractivity contribution is -0.144. The quantitative estimate of drug-likeness (QED) is 0.243. The van der Waals surface area contributed by atoms with E-state index in [2.05, 4.69) is 60.6 Å². The molecule has 2 unspecified atom stereocenters. The molecule has 4 saturated carbocycles. The van der Waals surface area contributed by atoms with Gasteiger partial charge in [0.1, 0.15) is 0 Å². The molecule has 0 aromatic heterocycles. The Bertz CT molecular complexity index is 829. The summed E-state index contributed by atoms with van der Waals surface area (Å²) in [6.45, 7) is 17.0. The molecule has 0 N–H and O–H groups in total. The van der Waals surface area contributed by atoms with Gasteiger partial charge in [0.15, 0.2) is 0 Å². The van der Waals surface area contributed by atoms with Crippen LogP contribution in [0.3, 0.4) is 0 Å². The molecular formula is C32H54O3. The number of carbonyl (C=O) groups is 1. The van der Waals surface area contributed by atoms with Gasteiger partial charge in [0, 0.05) is 13.5 Å². The zero-order valence-electron chi connectivity index (χ0n) is 24.3. The molecule has 0 radical (unpaired) electrons. The van der Waals surface area contributed by atoms with E-state index >= 15 is 0 Å². The number of rotatable bonds is 9. The van der Waals surface area contributed by atoms with Gasteiger partial charge in [-0.3, -0.25) is 4.79 Å². The summed E-state index contributed by atoms with van der Waals surface area (Å²) in [5.41, 5.74) is 1.52. The van der Waals surface area contributed by atoms with Crippen molar-refractivity contribution in [2.24, 2.45) is 51.2 Å². The Morgan fingerprint density at radius 1 is 1.00 bits per heavy atom. The van der Waals surface area contributed by atoms with Gasteiger partial charge in [-0.05, 0) is 123 Å². The lowest BCUT2D eigenvalue weighted by atomic mass is 9.43. The van der Waals surface area contributed by atoms with Crippen molar-refractivity contribution in [2.45, 2.75) is 118 Å². The minimum absolute atomic E-state index is 0.0163. The van der Waals surface area contributed by atoms with Crippen LogP contribution < -0.4 is 0 Å². The molecule has 1 spiro atoms. The van der Waals surface area contributed by atoms with Crippen molar-refractivity contribution >= 4 is 5.97 Å². The fourth-order valence-electron chi connectivity index (χ4n) is 10.5. The molecule has 200 valence electrons. The van der Waals surface area contributed by atoms with Crippen LogP contribution in [0.1, 0.15) is 113 Å². The molecule has 4 aliphatic carbocycles. The average molecular weight is 487 g/mol. The third-order valence-corrected chi connectivity index (χ3v) is 12.6. The zero-order valence-corrected chi connectivity index (χ0v) is 24.3. The van der Waals surface area contributed by atoms with Gasteiger partial charge in [0.05, 0.1) is 12.7 Å². The maximum atomic E-state index is 12.2. The van der Waals surface area contributed by atoms with E-state index in [0.29, 0.717) is 39.9 Å². The highest BCUT2D eigenvalue weighted by Gasteiger charge is 2.80. The van der Waals surface area contributed by atoms with Gasteiger partial charge < -0.3 is 9.47 Å². The summed E-state index contributed by atoms with van der Waals surface area (Å²) in [5, 5.41) is 0. The predicted octanol–water partition coefficient (Wildman–Crippen LogP) is 8.22. The van der Waals surface area contributed by atoms with Crippen LogP contribution in [-0.2, 0) is 14.3 Å². The summed E-state index contributed by atoms with van der Waals surface area (Å²) in [7, 11) is 3.34. The molecule has 4 rings (SSSR count). The van der Waals surface area contributed by atoms with E-state index in [1.807, 2.05) is 0 Å². The van der Waals surface area contributed by atoms with Crippen molar-refractivity contribution in [3.63, 3.8) is 0 Å². The van der Waals surface area contributed by atoms with Gasteiger partial charge in [-0.1, -0.05) is 46.8 Å². The number of hydrogen-bond acceptors (Lipinski definition) is 3. The van der Waals surface area contributed by atoms with Crippen LogP contribution in [0.25, 0.3) is 0 Å². The van der Waals surface area contributed by atoms with Gasteiger partial charge in [0.25, 0.3) is 0 Å². The molecule has 0 bridgehead atoms. The minimum Gasteiger partial charge on any atom is -0.469 e. The Labute approximate surface area is 216 Å². The maximum Gasteiger partial charge on any atom is 0.305 e. The predicted molar refractivity (Wildman–Crippen MR) is 144 cm³/mol. The van der Waals surface area contributed by atoms with E-state index in [9.17, 15) is 4.79 Å². The summed E-state index contributed by atoms with van der Waals surface area (Å²) < 4.78 is 10.7. The summed E-state index contributed by atoms with van der Waals surface area (Å²) >= 11 is 0. The molecule has 0 aromatic carbocycles. The lowest BCUT2D eigenvalue weighted by Gasteiger charge is -2.61. The highest BCUT2D eigenvalue weighted by atomic mass is 16.5. The zero-order chi connectivity index (χ0) is 25.9. The van der Waals surface area contributed by atoms with Crippen LogP contribution in [0.2, 0.25) is 0 Å². The van der Waals surface area contributed by atoms with Crippen LogP contribution in [-0.4, -0.2) is 25.8 Å². The van der Waals surface area contributed by atoms with Crippen molar-refractivity contribution in [1.82, 2.24) is 0 Å². The second-order valence-corrected chi connectivity index (χ2v) is 14.4. The van der Waals surface area contributed by atoms with Gasteiger partial charge >= 0.3 is 5.97 Å². The first-order valence-electron chi connectivity index (χ1n) is 14.6. The van der Waals surface area contributed by atoms with Crippen LogP contribution in [0.4, 0.5) is 0 Å². The van der Waals surface area contributed by atoms with Crippen molar-refractivity contribution in [3.05, 3.63) is 12.2 Å². The van der Waals surface area contributed by atoms with Crippen molar-refractivity contribution < 1.29 is 14.3 Å². The normalized spacial score (nSPS) is 43.5. The number of ether oxygens (including phenoxy) is 2. The monoisotopic (exact) mass is 486 g/mol. The largest absolute Gasteiger partial charge is 0.469 e. The average Bonchev–Trinajstić information content (AvgIpc) is 3.40. The molecule has 35 heavy (non-hydrogen) atoms. The molecule has 4 fully saturated rings. The third-order valence-electron chi connectivity index (χ3n) is 12.6. The number of esters is 1. The van der Waals surface area contributed by atoms with Gasteiger partial charge in [-0.15, -0.1) is 0 Å². The van der Waals surface area contributed by atoms with Gasteiger partial charge in [-0.25, -0.2) is 0 Å². The lowest BCUT2D eigenvalue weighted by Crippen LogP contribution is -2.54. The van der Waals surface area contributed by atoms with E-state index in [-0.39, 0.29) is 11.6 Å². The fourth-order valence-corrected chi connectivity index (χ4v) is 10.5. The topological polar surface area (TPSA) is 35.5 Å². The van der Waals surface area contributed by atoms with Crippen molar-refractivity contribution in [2.75, 3.05) is 14.2 Å². The Morgan fingerprint density at radius 2 is 1.71 bits per heavy atom. The summed E-state index contributed by atoms with van der Waals surface area (Å²) in [5.74, 6) is 3.77. The van der Waals surface area contributed by atoms with Crippen LogP contribution in [0.5, 0.6) is 0 Å². The first-order chi connectivity index (χ1) is 16.3. The SMILES string of the molecule is COC(=O)CCC12CC13CC[C@]1(C)[C@@H]([C@H](C)C/C=C/C(C)(C)OC)CC[C@@]1(C)[C@@H]3CC[C@H]2C(C)C. The van der Waals surface area contributed by atoms with E-state index in [4.69, 9.17) is 9.47 Å². The maximum absolute atomic E-state index is 12.2.